The van der Waals surface area contributed by atoms with E-state index in [2.05, 4.69) is 12.2 Å². The molecule has 1 atom stereocenters. The second kappa shape index (κ2) is 7.12. The molecule has 0 saturated heterocycles. The van der Waals surface area contributed by atoms with E-state index in [0.717, 1.165) is 30.8 Å². The quantitative estimate of drug-likeness (QED) is 0.742. The van der Waals surface area contributed by atoms with Crippen molar-refractivity contribution in [3.63, 3.8) is 0 Å². The third-order valence-electron chi connectivity index (χ3n) is 2.65. The van der Waals surface area contributed by atoms with Crippen LogP contribution in [-0.2, 0) is 16.1 Å². The van der Waals surface area contributed by atoms with Gasteiger partial charge in [-0.25, -0.2) is 0 Å². The van der Waals surface area contributed by atoms with Crippen molar-refractivity contribution in [1.29, 1.82) is 0 Å². The van der Waals surface area contributed by atoms with Crippen LogP contribution in [0.1, 0.15) is 37.7 Å². The van der Waals surface area contributed by atoms with E-state index >= 15 is 0 Å². The summed E-state index contributed by atoms with van der Waals surface area (Å²) in [5, 5.41) is 3.17. The number of hydrogen-bond acceptors (Lipinski definition) is 4. The SMILES string of the molecule is CCCCC(NCc1ccc(C)o1)C(=O)OC. The summed E-state index contributed by atoms with van der Waals surface area (Å²) < 4.78 is 10.2. The Hall–Kier alpha value is -1.29. The maximum absolute atomic E-state index is 11.5. The average Bonchev–Trinajstić information content (AvgIpc) is 2.74. The normalized spacial score (nSPS) is 12.4. The first kappa shape index (κ1) is 13.8. The van der Waals surface area contributed by atoms with Crippen LogP contribution in [0, 0.1) is 6.92 Å². The van der Waals surface area contributed by atoms with Crippen molar-refractivity contribution in [2.75, 3.05) is 7.11 Å². The summed E-state index contributed by atoms with van der Waals surface area (Å²) in [6.45, 7) is 4.56. The van der Waals surface area contributed by atoms with Gasteiger partial charge in [-0.2, -0.15) is 0 Å². The maximum atomic E-state index is 11.5. The van der Waals surface area contributed by atoms with Crippen LogP contribution in [0.2, 0.25) is 0 Å². The predicted octanol–water partition coefficient (Wildman–Crippen LogP) is 2.41. The monoisotopic (exact) mass is 239 g/mol. The number of methoxy groups -OCH3 is 1. The van der Waals surface area contributed by atoms with Crippen LogP contribution < -0.4 is 5.32 Å². The molecule has 4 heteroatoms. The molecule has 1 aromatic rings. The first-order valence-electron chi connectivity index (χ1n) is 6.04. The van der Waals surface area contributed by atoms with Crippen molar-refractivity contribution in [3.05, 3.63) is 23.7 Å². The molecule has 0 aliphatic rings. The lowest BCUT2D eigenvalue weighted by Crippen LogP contribution is -2.37. The van der Waals surface area contributed by atoms with Crippen LogP contribution >= 0.6 is 0 Å². The lowest BCUT2D eigenvalue weighted by molar-refractivity contribution is -0.143. The summed E-state index contributed by atoms with van der Waals surface area (Å²) in [4.78, 5) is 11.5. The highest BCUT2D eigenvalue weighted by Gasteiger charge is 2.18. The van der Waals surface area contributed by atoms with Crippen LogP contribution in [0.5, 0.6) is 0 Å². The molecule has 0 spiro atoms. The Kier molecular flexibility index (Phi) is 5.77. The van der Waals surface area contributed by atoms with E-state index in [-0.39, 0.29) is 12.0 Å². The second-order valence-electron chi connectivity index (χ2n) is 4.11. The fourth-order valence-electron chi connectivity index (χ4n) is 1.66. The lowest BCUT2D eigenvalue weighted by atomic mass is 10.1. The largest absolute Gasteiger partial charge is 0.468 e. The molecule has 0 fully saturated rings. The van der Waals surface area contributed by atoms with Crippen LogP contribution in [0.3, 0.4) is 0 Å². The minimum absolute atomic E-state index is 0.207. The van der Waals surface area contributed by atoms with Crippen molar-refractivity contribution in [2.24, 2.45) is 0 Å². The Morgan fingerprint density at radius 1 is 1.53 bits per heavy atom. The third kappa shape index (κ3) is 4.61. The predicted molar refractivity (Wildman–Crippen MR) is 65.6 cm³/mol. The van der Waals surface area contributed by atoms with Gasteiger partial charge in [0.2, 0.25) is 0 Å². The number of carbonyl (C=O) groups excluding carboxylic acids is 1. The van der Waals surface area contributed by atoms with E-state index in [1.54, 1.807) is 0 Å². The van der Waals surface area contributed by atoms with E-state index in [0.29, 0.717) is 6.54 Å². The van der Waals surface area contributed by atoms with Gasteiger partial charge in [0.25, 0.3) is 0 Å². The zero-order valence-corrected chi connectivity index (χ0v) is 10.8. The Bertz CT molecular complexity index is 346. The van der Waals surface area contributed by atoms with Gasteiger partial charge in [-0.15, -0.1) is 0 Å². The van der Waals surface area contributed by atoms with Gasteiger partial charge in [0.1, 0.15) is 17.6 Å². The topological polar surface area (TPSA) is 51.5 Å². The maximum Gasteiger partial charge on any atom is 0.322 e. The first-order valence-corrected chi connectivity index (χ1v) is 6.04. The molecule has 96 valence electrons. The Labute approximate surface area is 102 Å². The molecule has 0 aliphatic carbocycles. The number of carbonyl (C=O) groups is 1. The Morgan fingerprint density at radius 3 is 2.82 bits per heavy atom. The molecule has 0 radical (unpaired) electrons. The second-order valence-corrected chi connectivity index (χ2v) is 4.11. The molecule has 1 unspecified atom stereocenters. The molecule has 1 rings (SSSR count). The molecule has 17 heavy (non-hydrogen) atoms. The lowest BCUT2D eigenvalue weighted by Gasteiger charge is -2.15. The Balaban J connectivity index is 2.45. The molecule has 0 aromatic carbocycles. The number of nitrogens with one attached hydrogen (secondary N) is 1. The summed E-state index contributed by atoms with van der Waals surface area (Å²) in [5.74, 6) is 1.51. The molecule has 0 aliphatic heterocycles. The fourth-order valence-corrected chi connectivity index (χ4v) is 1.66. The van der Waals surface area contributed by atoms with Crippen molar-refractivity contribution in [2.45, 2.75) is 45.7 Å². The van der Waals surface area contributed by atoms with E-state index in [1.165, 1.54) is 7.11 Å². The number of rotatable bonds is 7. The van der Waals surface area contributed by atoms with E-state index < -0.39 is 0 Å². The van der Waals surface area contributed by atoms with Gasteiger partial charge >= 0.3 is 5.97 Å². The van der Waals surface area contributed by atoms with Gasteiger partial charge in [-0.3, -0.25) is 10.1 Å². The van der Waals surface area contributed by atoms with Gasteiger partial charge in [-0.05, 0) is 25.5 Å². The molecule has 1 heterocycles. The highest BCUT2D eigenvalue weighted by molar-refractivity contribution is 5.75. The molecule has 0 saturated carbocycles. The van der Waals surface area contributed by atoms with Crippen molar-refractivity contribution >= 4 is 5.97 Å². The number of furan rings is 1. The smallest absolute Gasteiger partial charge is 0.322 e. The summed E-state index contributed by atoms with van der Waals surface area (Å²) in [6, 6.07) is 3.58. The molecular weight excluding hydrogens is 218 g/mol. The molecule has 1 N–H and O–H groups in total. The minimum Gasteiger partial charge on any atom is -0.468 e. The van der Waals surface area contributed by atoms with Crippen LogP contribution in [0.15, 0.2) is 16.5 Å². The van der Waals surface area contributed by atoms with Gasteiger partial charge in [0, 0.05) is 0 Å². The van der Waals surface area contributed by atoms with Gasteiger partial charge in [0.05, 0.1) is 13.7 Å². The third-order valence-corrected chi connectivity index (χ3v) is 2.65. The van der Waals surface area contributed by atoms with Crippen molar-refractivity contribution in [3.8, 4) is 0 Å². The zero-order valence-electron chi connectivity index (χ0n) is 10.8. The van der Waals surface area contributed by atoms with Gasteiger partial charge < -0.3 is 9.15 Å². The molecule has 4 nitrogen and oxygen atoms in total. The number of aryl methyl sites for hydroxylation is 1. The summed E-state index contributed by atoms with van der Waals surface area (Å²) in [5.41, 5.74) is 0. The van der Waals surface area contributed by atoms with E-state index in [4.69, 9.17) is 9.15 Å². The summed E-state index contributed by atoms with van der Waals surface area (Å²) >= 11 is 0. The van der Waals surface area contributed by atoms with E-state index in [9.17, 15) is 4.79 Å². The number of ether oxygens (including phenoxy) is 1. The van der Waals surface area contributed by atoms with Gasteiger partial charge in [0.15, 0.2) is 0 Å². The molecule has 0 bridgehead atoms. The first-order chi connectivity index (χ1) is 8.17. The number of unbranched alkanes of at least 4 members (excludes halogenated alkanes) is 1. The van der Waals surface area contributed by atoms with Crippen molar-refractivity contribution < 1.29 is 13.9 Å². The Morgan fingerprint density at radius 2 is 2.29 bits per heavy atom. The summed E-state index contributed by atoms with van der Waals surface area (Å²) in [7, 11) is 1.42. The molecule has 0 amide bonds. The van der Waals surface area contributed by atoms with E-state index in [1.807, 2.05) is 19.1 Å². The zero-order chi connectivity index (χ0) is 12.7. The highest BCUT2D eigenvalue weighted by atomic mass is 16.5. The van der Waals surface area contributed by atoms with Crippen LogP contribution in [-0.4, -0.2) is 19.1 Å². The molecular formula is C13H21NO3. The van der Waals surface area contributed by atoms with Crippen LogP contribution in [0.25, 0.3) is 0 Å². The minimum atomic E-state index is -0.245. The average molecular weight is 239 g/mol. The summed E-state index contributed by atoms with van der Waals surface area (Å²) in [6.07, 6.45) is 2.86. The number of esters is 1. The molecule has 1 aromatic heterocycles. The number of hydrogen-bond donors (Lipinski definition) is 1. The highest BCUT2D eigenvalue weighted by Crippen LogP contribution is 2.08. The fraction of sp³-hybridized carbons (Fsp3) is 0.615. The standard InChI is InChI=1S/C13H21NO3/c1-4-5-6-12(13(15)16-3)14-9-11-8-7-10(2)17-11/h7-8,12,14H,4-6,9H2,1-3H3. The van der Waals surface area contributed by atoms with Crippen LogP contribution in [0.4, 0.5) is 0 Å². The van der Waals surface area contributed by atoms with Crippen molar-refractivity contribution in [1.82, 2.24) is 5.32 Å². The van der Waals surface area contributed by atoms with Gasteiger partial charge in [-0.1, -0.05) is 19.8 Å².